The van der Waals surface area contributed by atoms with Gasteiger partial charge in [-0.3, -0.25) is 13.8 Å². The summed E-state index contributed by atoms with van der Waals surface area (Å²) < 4.78 is 34.6. The van der Waals surface area contributed by atoms with Crippen molar-refractivity contribution in [2.24, 2.45) is 0 Å². The summed E-state index contributed by atoms with van der Waals surface area (Å²) >= 11 is 0. The molecule has 0 rings (SSSR count). The molecule has 0 saturated heterocycles. The Balaban J connectivity index is 4.37. The Morgan fingerprint density at radius 3 is 1.65 bits per heavy atom. The normalized spacial score (nSPS) is 14.2. The van der Waals surface area contributed by atoms with Crippen molar-refractivity contribution in [3.63, 3.8) is 0 Å². The third-order valence-corrected chi connectivity index (χ3v) is 7.90. The van der Waals surface area contributed by atoms with Crippen molar-refractivity contribution in [2.45, 2.75) is 142 Å². The van der Waals surface area contributed by atoms with Crippen molar-refractivity contribution in [3.05, 3.63) is 0 Å². The fourth-order valence-corrected chi connectivity index (χ4v) is 5.06. The first-order valence-electron chi connectivity index (χ1n) is 16.3. The van der Waals surface area contributed by atoms with E-state index in [0.29, 0.717) is 24.1 Å². The Morgan fingerprint density at radius 2 is 1.15 bits per heavy atom. The SMILES string of the molecule is CCCCCCCCCCCOCC(COP(=O)(O)OCC[N+](C)(C)C)OC(=O)CCCCCCCCCCC. The molecule has 9 heteroatoms. The zero-order valence-electron chi connectivity index (χ0n) is 26.8. The Hall–Kier alpha value is -0.500. The second-order valence-electron chi connectivity index (χ2n) is 12.2. The monoisotopic (exact) mass is 594 g/mol. The van der Waals surface area contributed by atoms with Gasteiger partial charge in [-0.15, -0.1) is 0 Å². The molecule has 0 aromatic rings. The Morgan fingerprint density at radius 1 is 0.675 bits per heavy atom. The predicted octanol–water partition coefficient (Wildman–Crippen LogP) is 8.21. The predicted molar refractivity (Wildman–Crippen MR) is 164 cm³/mol. The van der Waals surface area contributed by atoms with E-state index in [1.807, 2.05) is 21.1 Å². The highest BCUT2D eigenvalue weighted by Crippen LogP contribution is 2.43. The van der Waals surface area contributed by atoms with E-state index in [0.717, 1.165) is 32.1 Å². The van der Waals surface area contributed by atoms with E-state index in [1.54, 1.807) is 0 Å². The molecule has 0 aliphatic rings. The zero-order valence-corrected chi connectivity index (χ0v) is 27.7. The molecular formula is C31H65NO7P+. The minimum Gasteiger partial charge on any atom is -0.457 e. The van der Waals surface area contributed by atoms with Crippen LogP contribution < -0.4 is 0 Å². The first-order valence-corrected chi connectivity index (χ1v) is 17.8. The van der Waals surface area contributed by atoms with Crippen LogP contribution in [-0.2, 0) is 27.9 Å². The summed E-state index contributed by atoms with van der Waals surface area (Å²) in [6, 6.07) is 0. The average Bonchev–Trinajstić information content (AvgIpc) is 2.88. The second kappa shape index (κ2) is 26.2. The smallest absolute Gasteiger partial charge is 0.457 e. The maximum atomic E-state index is 12.5. The molecule has 0 fully saturated rings. The minimum absolute atomic E-state index is 0.0927. The molecule has 0 aromatic carbocycles. The highest BCUT2D eigenvalue weighted by molar-refractivity contribution is 7.47. The number of rotatable bonds is 30. The van der Waals surface area contributed by atoms with E-state index in [4.69, 9.17) is 18.5 Å². The number of phosphoric ester groups is 1. The maximum Gasteiger partial charge on any atom is 0.472 e. The largest absolute Gasteiger partial charge is 0.472 e. The van der Waals surface area contributed by atoms with E-state index in [9.17, 15) is 14.3 Å². The standard InChI is InChI=1S/C31H64NO7P/c1-6-8-10-12-14-16-18-20-22-24-31(33)39-30(29-38-40(34,35)37-27-25-32(3,4)5)28-36-26-23-21-19-17-15-13-11-9-7-2/h30H,6-29H2,1-5H3/p+1. The number of hydrogen-bond acceptors (Lipinski definition) is 6. The van der Waals surface area contributed by atoms with Crippen LogP contribution >= 0.6 is 7.82 Å². The number of nitrogens with zero attached hydrogens (tertiary/aromatic N) is 1. The number of phosphoric acid groups is 1. The maximum absolute atomic E-state index is 12.5. The Kier molecular flexibility index (Phi) is 25.8. The Bertz CT molecular complexity index is 627. The summed E-state index contributed by atoms with van der Waals surface area (Å²) in [5.41, 5.74) is 0. The molecule has 0 saturated carbocycles. The van der Waals surface area contributed by atoms with E-state index in [-0.39, 0.29) is 25.8 Å². The highest BCUT2D eigenvalue weighted by atomic mass is 31.2. The molecule has 240 valence electrons. The summed E-state index contributed by atoms with van der Waals surface area (Å²) in [7, 11) is 1.67. The summed E-state index contributed by atoms with van der Waals surface area (Å²) in [4.78, 5) is 22.5. The fourth-order valence-electron chi connectivity index (χ4n) is 4.32. The third kappa shape index (κ3) is 29.0. The Labute approximate surface area is 247 Å². The van der Waals surface area contributed by atoms with Crippen LogP contribution in [0.2, 0.25) is 0 Å². The molecule has 2 unspecified atom stereocenters. The van der Waals surface area contributed by atoms with E-state index in [1.165, 1.54) is 83.5 Å². The van der Waals surface area contributed by atoms with Gasteiger partial charge in [0.1, 0.15) is 19.3 Å². The molecule has 0 heterocycles. The molecule has 2 atom stereocenters. The van der Waals surface area contributed by atoms with Crippen LogP contribution in [0.15, 0.2) is 0 Å². The minimum atomic E-state index is -4.25. The van der Waals surface area contributed by atoms with Crippen molar-refractivity contribution in [3.8, 4) is 0 Å². The molecule has 1 N–H and O–H groups in total. The molecular weight excluding hydrogens is 529 g/mol. The quantitative estimate of drug-likeness (QED) is 0.0388. The second-order valence-corrected chi connectivity index (χ2v) is 13.7. The zero-order chi connectivity index (χ0) is 30.0. The van der Waals surface area contributed by atoms with Gasteiger partial charge < -0.3 is 18.9 Å². The van der Waals surface area contributed by atoms with Crippen LogP contribution in [0, 0.1) is 0 Å². The topological polar surface area (TPSA) is 91.3 Å². The van der Waals surface area contributed by atoms with Gasteiger partial charge in [0.25, 0.3) is 0 Å². The number of quaternary nitrogens is 1. The van der Waals surface area contributed by atoms with Gasteiger partial charge >= 0.3 is 13.8 Å². The van der Waals surface area contributed by atoms with Crippen molar-refractivity contribution in [2.75, 3.05) is 54.1 Å². The van der Waals surface area contributed by atoms with Crippen molar-refractivity contribution in [1.29, 1.82) is 0 Å². The first-order chi connectivity index (χ1) is 19.1. The molecule has 0 radical (unpaired) electrons. The van der Waals surface area contributed by atoms with Gasteiger partial charge in [0.15, 0.2) is 0 Å². The third-order valence-electron chi connectivity index (χ3n) is 6.92. The van der Waals surface area contributed by atoms with Gasteiger partial charge in [-0.2, -0.15) is 0 Å². The summed E-state index contributed by atoms with van der Waals surface area (Å²) in [6.45, 7) is 5.59. The van der Waals surface area contributed by atoms with E-state index in [2.05, 4.69) is 13.8 Å². The summed E-state index contributed by atoms with van der Waals surface area (Å²) in [6.07, 6.45) is 21.3. The van der Waals surface area contributed by atoms with Gasteiger partial charge in [-0.05, 0) is 12.8 Å². The van der Waals surface area contributed by atoms with E-state index >= 15 is 0 Å². The number of likely N-dealkylation sites (N-methyl/N-ethyl adjacent to an activating group) is 1. The molecule has 0 aromatic heterocycles. The molecule has 0 spiro atoms. The number of ether oxygens (including phenoxy) is 2. The van der Waals surface area contributed by atoms with Gasteiger partial charge in [0.2, 0.25) is 0 Å². The lowest BCUT2D eigenvalue weighted by atomic mass is 10.1. The fraction of sp³-hybridized carbons (Fsp3) is 0.968. The lowest BCUT2D eigenvalue weighted by Crippen LogP contribution is -2.37. The molecule has 40 heavy (non-hydrogen) atoms. The molecule has 0 bridgehead atoms. The first kappa shape index (κ1) is 39.5. The lowest BCUT2D eigenvalue weighted by Gasteiger charge is -2.24. The molecule has 0 aliphatic carbocycles. The van der Waals surface area contributed by atoms with Crippen LogP contribution in [-0.4, -0.2) is 75.6 Å². The van der Waals surface area contributed by atoms with Gasteiger partial charge in [0, 0.05) is 13.0 Å². The number of hydrogen-bond donors (Lipinski definition) is 1. The van der Waals surface area contributed by atoms with E-state index < -0.39 is 13.9 Å². The van der Waals surface area contributed by atoms with Crippen molar-refractivity contribution in [1.82, 2.24) is 0 Å². The number of unbranched alkanes of at least 4 members (excludes halogenated alkanes) is 16. The average molecular weight is 595 g/mol. The highest BCUT2D eigenvalue weighted by Gasteiger charge is 2.26. The van der Waals surface area contributed by atoms with Gasteiger partial charge in [0.05, 0.1) is 34.4 Å². The number of carbonyl (C=O) groups is 1. The summed E-state index contributed by atoms with van der Waals surface area (Å²) in [5, 5.41) is 0. The molecule has 8 nitrogen and oxygen atoms in total. The van der Waals surface area contributed by atoms with Gasteiger partial charge in [-0.1, -0.05) is 117 Å². The van der Waals surface area contributed by atoms with Crippen LogP contribution in [0.4, 0.5) is 0 Å². The van der Waals surface area contributed by atoms with Crippen LogP contribution in [0.5, 0.6) is 0 Å². The summed E-state index contributed by atoms with van der Waals surface area (Å²) in [5.74, 6) is -0.318. The number of esters is 1. The van der Waals surface area contributed by atoms with Crippen molar-refractivity contribution < 1.29 is 37.3 Å². The number of carbonyl (C=O) groups excluding carboxylic acids is 1. The lowest BCUT2D eigenvalue weighted by molar-refractivity contribution is -0.870. The van der Waals surface area contributed by atoms with Gasteiger partial charge in [-0.25, -0.2) is 4.57 Å². The molecule has 0 amide bonds. The van der Waals surface area contributed by atoms with Crippen LogP contribution in [0.1, 0.15) is 136 Å². The van der Waals surface area contributed by atoms with Crippen LogP contribution in [0.25, 0.3) is 0 Å². The van der Waals surface area contributed by atoms with Crippen LogP contribution in [0.3, 0.4) is 0 Å². The molecule has 0 aliphatic heterocycles. The van der Waals surface area contributed by atoms with Crippen molar-refractivity contribution >= 4 is 13.8 Å².